The van der Waals surface area contributed by atoms with Gasteiger partial charge in [-0.15, -0.1) is 0 Å². The molecule has 1 aromatic carbocycles. The van der Waals surface area contributed by atoms with Crippen molar-refractivity contribution in [1.82, 2.24) is 14.8 Å². The molecule has 2 amide bonds. The van der Waals surface area contributed by atoms with E-state index >= 15 is 0 Å². The minimum absolute atomic E-state index is 0.218. The fourth-order valence-corrected chi connectivity index (χ4v) is 3.90. The molecule has 33 heavy (non-hydrogen) atoms. The van der Waals surface area contributed by atoms with Crippen LogP contribution in [-0.2, 0) is 11.0 Å². The lowest BCUT2D eigenvalue weighted by molar-refractivity contribution is -0.137. The second kappa shape index (κ2) is 7.91. The Labute approximate surface area is 185 Å². The Kier molecular flexibility index (Phi) is 5.03. The van der Waals surface area contributed by atoms with E-state index in [1.807, 2.05) is 4.90 Å². The van der Waals surface area contributed by atoms with Crippen molar-refractivity contribution >= 4 is 40.6 Å². The summed E-state index contributed by atoms with van der Waals surface area (Å²) in [6.45, 7) is 1.52. The van der Waals surface area contributed by atoms with Crippen molar-refractivity contribution in [1.29, 1.82) is 0 Å². The number of amides is 2. The number of fused-ring (bicyclic) bond motifs is 2. The van der Waals surface area contributed by atoms with Crippen molar-refractivity contribution in [3.63, 3.8) is 0 Å². The van der Waals surface area contributed by atoms with Crippen LogP contribution >= 0.6 is 0 Å². The third-order valence-corrected chi connectivity index (χ3v) is 5.70. The predicted octanol–water partition coefficient (Wildman–Crippen LogP) is 2.56. The van der Waals surface area contributed by atoms with Gasteiger partial charge in [-0.1, -0.05) is 0 Å². The summed E-state index contributed by atoms with van der Waals surface area (Å²) < 4.78 is 39.1. The molecule has 11 heteroatoms. The monoisotopic (exact) mass is 454 g/mol. The van der Waals surface area contributed by atoms with Gasteiger partial charge >= 0.3 is 6.18 Å². The van der Waals surface area contributed by atoms with Crippen LogP contribution in [0, 0.1) is 5.92 Å². The smallest absolute Gasteiger partial charge is 0.337 e. The lowest BCUT2D eigenvalue weighted by Crippen LogP contribution is -2.51. The number of halogens is 3. The Morgan fingerprint density at radius 3 is 2.61 bits per heavy atom. The fourth-order valence-electron chi connectivity index (χ4n) is 3.90. The van der Waals surface area contributed by atoms with Crippen LogP contribution in [0.2, 0.25) is 0 Å². The van der Waals surface area contributed by atoms with Crippen LogP contribution in [0.25, 0.3) is 10.9 Å². The number of nitrogens with zero attached hydrogens (tertiary/aromatic N) is 6. The van der Waals surface area contributed by atoms with Gasteiger partial charge in [0.25, 0.3) is 11.8 Å². The molecule has 1 aromatic heterocycles. The number of carbonyl (C=O) groups excluding carboxylic acids is 2. The fraction of sp³-hybridized carbons (Fsp3) is 0.273. The van der Waals surface area contributed by atoms with Gasteiger partial charge in [-0.2, -0.15) is 18.2 Å². The van der Waals surface area contributed by atoms with Crippen LogP contribution in [0.3, 0.4) is 0 Å². The summed E-state index contributed by atoms with van der Waals surface area (Å²) in [4.78, 5) is 45.3. The van der Waals surface area contributed by atoms with Crippen molar-refractivity contribution in [3.8, 4) is 0 Å². The number of rotatable bonds is 1. The van der Waals surface area contributed by atoms with Crippen molar-refractivity contribution in [3.05, 3.63) is 53.9 Å². The summed E-state index contributed by atoms with van der Waals surface area (Å²) in [5.41, 5.74) is 0.387. The molecule has 0 N–H and O–H groups in total. The summed E-state index contributed by atoms with van der Waals surface area (Å²) in [7, 11) is 0. The summed E-state index contributed by atoms with van der Waals surface area (Å²) in [5, 5.41) is 0.249. The molecule has 8 nitrogen and oxygen atoms in total. The van der Waals surface area contributed by atoms with Gasteiger partial charge in [0.15, 0.2) is 0 Å². The first kappa shape index (κ1) is 21.0. The van der Waals surface area contributed by atoms with Crippen LogP contribution in [0.5, 0.6) is 0 Å². The van der Waals surface area contributed by atoms with E-state index in [-0.39, 0.29) is 22.8 Å². The molecule has 0 saturated carbocycles. The first-order valence-corrected chi connectivity index (χ1v) is 10.2. The second-order valence-electron chi connectivity index (χ2n) is 7.79. The third kappa shape index (κ3) is 4.01. The van der Waals surface area contributed by atoms with Gasteiger partial charge in [-0.25, -0.2) is 4.99 Å². The van der Waals surface area contributed by atoms with Gasteiger partial charge in [0, 0.05) is 50.2 Å². The van der Waals surface area contributed by atoms with E-state index in [0.29, 0.717) is 43.4 Å². The molecule has 1 atom stereocenters. The lowest BCUT2D eigenvalue weighted by Gasteiger charge is -2.36. The number of benzene rings is 1. The summed E-state index contributed by atoms with van der Waals surface area (Å²) in [6.07, 6.45) is 1.65. The molecule has 0 bridgehead atoms. The Morgan fingerprint density at radius 2 is 1.85 bits per heavy atom. The Bertz CT molecular complexity index is 1270. The number of hydrogen-bond donors (Lipinski definition) is 0. The van der Waals surface area contributed by atoms with Crippen LogP contribution in [-0.4, -0.2) is 70.7 Å². The molecule has 0 aliphatic carbocycles. The van der Waals surface area contributed by atoms with E-state index in [1.54, 1.807) is 17.2 Å². The van der Waals surface area contributed by atoms with E-state index in [1.165, 1.54) is 24.5 Å². The van der Waals surface area contributed by atoms with E-state index in [9.17, 15) is 22.8 Å². The molecule has 168 valence electrons. The molecule has 2 aromatic rings. The maximum absolute atomic E-state index is 13.0. The number of alkyl halides is 3. The van der Waals surface area contributed by atoms with Crippen LogP contribution < -0.4 is 0 Å². The zero-order chi connectivity index (χ0) is 23.2. The summed E-state index contributed by atoms with van der Waals surface area (Å²) in [6, 6.07) is 4.68. The van der Waals surface area contributed by atoms with Gasteiger partial charge in [0.2, 0.25) is 5.96 Å². The average molecular weight is 454 g/mol. The zero-order valence-corrected chi connectivity index (χ0v) is 17.2. The molecular formula is C22H17F3N6O2. The summed E-state index contributed by atoms with van der Waals surface area (Å²) in [5.74, 6) is -0.895. The number of pyridine rings is 1. The van der Waals surface area contributed by atoms with Crippen molar-refractivity contribution in [2.45, 2.75) is 6.18 Å². The van der Waals surface area contributed by atoms with Crippen LogP contribution in [0.15, 0.2) is 57.7 Å². The van der Waals surface area contributed by atoms with E-state index in [4.69, 9.17) is 0 Å². The number of aliphatic imine (C=N–C) groups is 3. The number of hydrogen-bond acceptors (Lipinski definition) is 6. The molecule has 4 heterocycles. The van der Waals surface area contributed by atoms with Crippen molar-refractivity contribution < 1.29 is 22.8 Å². The Balaban J connectivity index is 1.29. The topological polar surface area (TPSA) is 90.6 Å². The molecule has 3 aliphatic heterocycles. The highest BCUT2D eigenvalue weighted by Gasteiger charge is 2.32. The standard InChI is InChI=1S/C22H17F3N6O2/c23-22(24,25)15-1-2-17-13(10-15)9-14(11-27-17)20(33)30-5-7-31(8-6-30)21-28-18-3-4-26-12-16(18)19(32)29-21/h1-4,9-12,16H,5-8H2. The van der Waals surface area contributed by atoms with E-state index in [0.717, 1.165) is 12.1 Å². The van der Waals surface area contributed by atoms with Gasteiger partial charge in [0.05, 0.1) is 22.4 Å². The lowest BCUT2D eigenvalue weighted by atomic mass is 10.0. The number of piperazine rings is 1. The van der Waals surface area contributed by atoms with Gasteiger partial charge < -0.3 is 9.80 Å². The number of carbonyl (C=O) groups is 2. The Hall–Kier alpha value is -3.89. The SMILES string of the molecule is O=C1N=C(N2CCN(C(=O)c3cnc4ccc(C(F)(F)F)cc4c3)CC2)N=C2C=CN=CC12. The predicted molar refractivity (Wildman–Crippen MR) is 115 cm³/mol. The molecule has 0 radical (unpaired) electrons. The quantitative estimate of drug-likeness (QED) is 0.662. The van der Waals surface area contributed by atoms with Gasteiger partial charge in [-0.05, 0) is 30.3 Å². The maximum atomic E-state index is 13.0. The minimum atomic E-state index is -4.47. The summed E-state index contributed by atoms with van der Waals surface area (Å²) >= 11 is 0. The zero-order valence-electron chi connectivity index (χ0n) is 17.2. The Morgan fingerprint density at radius 1 is 1.06 bits per heavy atom. The first-order valence-electron chi connectivity index (χ1n) is 10.2. The minimum Gasteiger partial charge on any atom is -0.337 e. The van der Waals surface area contributed by atoms with E-state index in [2.05, 4.69) is 20.0 Å². The molecular weight excluding hydrogens is 437 g/mol. The maximum Gasteiger partial charge on any atom is 0.416 e. The highest BCUT2D eigenvalue weighted by molar-refractivity contribution is 6.27. The molecule has 5 rings (SSSR count). The number of guanidine groups is 1. The molecule has 3 aliphatic rings. The molecule has 1 fully saturated rings. The second-order valence-corrected chi connectivity index (χ2v) is 7.79. The molecule has 0 spiro atoms. The first-order chi connectivity index (χ1) is 15.8. The van der Waals surface area contributed by atoms with E-state index < -0.39 is 17.7 Å². The number of allylic oxidation sites excluding steroid dienone is 1. The molecule has 1 unspecified atom stereocenters. The highest BCUT2D eigenvalue weighted by Crippen LogP contribution is 2.31. The van der Waals surface area contributed by atoms with Crippen molar-refractivity contribution in [2.24, 2.45) is 20.9 Å². The number of aromatic nitrogens is 1. The van der Waals surface area contributed by atoms with Crippen LogP contribution in [0.4, 0.5) is 13.2 Å². The van der Waals surface area contributed by atoms with Gasteiger partial charge in [-0.3, -0.25) is 19.6 Å². The normalized spacial score (nSPS) is 20.6. The third-order valence-electron chi connectivity index (χ3n) is 5.70. The average Bonchev–Trinajstić information content (AvgIpc) is 2.82. The van der Waals surface area contributed by atoms with Crippen LogP contribution in [0.1, 0.15) is 15.9 Å². The largest absolute Gasteiger partial charge is 0.416 e. The van der Waals surface area contributed by atoms with Crippen molar-refractivity contribution in [2.75, 3.05) is 26.2 Å². The van der Waals surface area contributed by atoms with Gasteiger partial charge in [0.1, 0.15) is 5.92 Å². The molecule has 1 saturated heterocycles. The highest BCUT2D eigenvalue weighted by atomic mass is 19.4.